The van der Waals surface area contributed by atoms with Crippen molar-refractivity contribution in [1.29, 1.82) is 0 Å². The second-order valence-electron chi connectivity index (χ2n) is 9.42. The predicted molar refractivity (Wildman–Crippen MR) is 143 cm³/mol. The van der Waals surface area contributed by atoms with Crippen molar-refractivity contribution in [1.82, 2.24) is 9.29 Å². The number of ether oxygens (including phenoxy) is 1. The molecule has 0 saturated carbocycles. The summed E-state index contributed by atoms with van der Waals surface area (Å²) in [5, 5.41) is 9.74. The molecule has 0 radical (unpaired) electrons. The third kappa shape index (κ3) is 5.98. The molecule has 0 spiro atoms. The number of anilines is 1. The smallest absolute Gasteiger partial charge is 0.430 e. The standard InChI is InChI=1S/C26H25F6N3O4S2/c1-39-23-8-4-5-18(33-23)15-20-16-34(41(37,38)22-7-3-2-6-21(22)40)13-14-35(20)19-11-9-17(10-12-19)24(36,25(27,28)29)26(30,31)32/h2-5,7-12,20,36H,6,13-16H2,1H3/t20-/m0/s1. The first kappa shape index (κ1) is 30.9. The van der Waals surface area contributed by atoms with Gasteiger partial charge >= 0.3 is 12.4 Å². The summed E-state index contributed by atoms with van der Waals surface area (Å²) in [4.78, 5) is 6.31. The van der Waals surface area contributed by atoms with Crippen LogP contribution in [0.15, 0.2) is 65.6 Å². The molecule has 1 atom stereocenters. The summed E-state index contributed by atoms with van der Waals surface area (Å²) in [5.41, 5.74) is -5.69. The van der Waals surface area contributed by atoms with E-state index in [1.54, 1.807) is 35.3 Å². The van der Waals surface area contributed by atoms with E-state index in [0.29, 0.717) is 30.1 Å². The van der Waals surface area contributed by atoms with Crippen LogP contribution in [-0.2, 0) is 22.0 Å². The number of pyridine rings is 1. The number of halogens is 6. The number of rotatable bonds is 7. The molecule has 41 heavy (non-hydrogen) atoms. The zero-order chi connectivity index (χ0) is 30.2. The Balaban J connectivity index is 1.69. The van der Waals surface area contributed by atoms with Crippen LogP contribution < -0.4 is 9.64 Å². The average molecular weight is 622 g/mol. The maximum absolute atomic E-state index is 13.5. The summed E-state index contributed by atoms with van der Waals surface area (Å²) in [6.07, 6.45) is -6.81. The molecule has 7 nitrogen and oxygen atoms in total. The average Bonchev–Trinajstić information content (AvgIpc) is 2.91. The SMILES string of the molecule is COc1cccc(C[C@H]2CN(S(=O)(=O)C3=CC=CCC3=S)CCN2c2ccc(C(O)(C(F)(F)F)C(F)(F)F)cc2)n1. The summed E-state index contributed by atoms with van der Waals surface area (Å²) in [5.74, 6) is 0.307. The van der Waals surface area contributed by atoms with Crippen molar-refractivity contribution in [3.05, 3.63) is 76.9 Å². The number of hydrogen-bond acceptors (Lipinski definition) is 7. The summed E-state index contributed by atoms with van der Waals surface area (Å²) in [6, 6.07) is 7.58. The van der Waals surface area contributed by atoms with E-state index in [1.807, 2.05) is 0 Å². The van der Waals surface area contributed by atoms with Crippen molar-refractivity contribution in [3.63, 3.8) is 0 Å². The maximum atomic E-state index is 13.5. The molecule has 222 valence electrons. The summed E-state index contributed by atoms with van der Waals surface area (Å²) < 4.78 is 114. The van der Waals surface area contributed by atoms with Gasteiger partial charge in [-0.05, 0) is 24.3 Å². The van der Waals surface area contributed by atoms with Gasteiger partial charge in [0.1, 0.15) is 0 Å². The number of aliphatic hydroxyl groups is 1. The zero-order valence-electron chi connectivity index (χ0n) is 21.5. The molecule has 2 heterocycles. The van der Waals surface area contributed by atoms with Crippen LogP contribution in [0.2, 0.25) is 0 Å². The third-order valence-electron chi connectivity index (χ3n) is 6.90. The summed E-state index contributed by atoms with van der Waals surface area (Å²) >= 11 is 5.26. The molecule has 1 aromatic carbocycles. The first-order valence-corrected chi connectivity index (χ1v) is 14.1. The van der Waals surface area contributed by atoms with Crippen LogP contribution in [0.3, 0.4) is 0 Å². The molecule has 1 aromatic heterocycles. The van der Waals surface area contributed by atoms with Crippen LogP contribution in [0.1, 0.15) is 17.7 Å². The lowest BCUT2D eigenvalue weighted by Crippen LogP contribution is -2.56. The van der Waals surface area contributed by atoms with Crippen molar-refractivity contribution >= 4 is 32.8 Å². The summed E-state index contributed by atoms with van der Waals surface area (Å²) in [6.45, 7) is -0.0293. The number of hydrogen-bond donors (Lipinski definition) is 1. The van der Waals surface area contributed by atoms with Gasteiger partial charge in [0.05, 0.1) is 12.0 Å². The first-order chi connectivity index (χ1) is 19.1. The molecule has 2 aromatic rings. The highest BCUT2D eigenvalue weighted by atomic mass is 32.2. The fourth-order valence-corrected chi connectivity index (χ4v) is 6.83. The number of piperazine rings is 1. The molecule has 15 heteroatoms. The largest absolute Gasteiger partial charge is 0.481 e. The van der Waals surface area contributed by atoms with Crippen molar-refractivity contribution in [3.8, 4) is 5.88 Å². The van der Waals surface area contributed by atoms with E-state index in [2.05, 4.69) is 4.98 Å². The van der Waals surface area contributed by atoms with Gasteiger partial charge in [0, 0.05) is 66.4 Å². The number of sulfonamides is 1. The minimum Gasteiger partial charge on any atom is -0.481 e. The maximum Gasteiger partial charge on any atom is 0.430 e. The van der Waals surface area contributed by atoms with E-state index >= 15 is 0 Å². The zero-order valence-corrected chi connectivity index (χ0v) is 23.1. The monoisotopic (exact) mass is 621 g/mol. The topological polar surface area (TPSA) is 83.0 Å². The molecule has 2 aliphatic rings. The normalized spacial score (nSPS) is 19.3. The summed E-state index contributed by atoms with van der Waals surface area (Å²) in [7, 11) is -2.57. The van der Waals surface area contributed by atoms with E-state index in [-0.39, 0.29) is 41.5 Å². The number of benzene rings is 1. The van der Waals surface area contributed by atoms with E-state index in [0.717, 1.165) is 12.1 Å². The quantitative estimate of drug-likeness (QED) is 0.355. The highest BCUT2D eigenvalue weighted by Crippen LogP contribution is 2.50. The highest BCUT2D eigenvalue weighted by molar-refractivity contribution is 7.96. The van der Waals surface area contributed by atoms with Crippen molar-refractivity contribution < 1.29 is 44.6 Å². The minimum atomic E-state index is -6.02. The molecule has 1 aliphatic heterocycles. The Bertz CT molecular complexity index is 1440. The second-order valence-corrected chi connectivity index (χ2v) is 11.8. The Hall–Kier alpha value is -3.01. The van der Waals surface area contributed by atoms with Gasteiger partial charge in [-0.25, -0.2) is 13.4 Å². The van der Waals surface area contributed by atoms with Crippen LogP contribution in [0.5, 0.6) is 5.88 Å². The van der Waals surface area contributed by atoms with Gasteiger partial charge in [-0.3, -0.25) is 0 Å². The van der Waals surface area contributed by atoms with Gasteiger partial charge < -0.3 is 14.7 Å². The Labute approximate surface area is 237 Å². The van der Waals surface area contributed by atoms with Gasteiger partial charge in [-0.1, -0.05) is 42.6 Å². The van der Waals surface area contributed by atoms with Crippen LogP contribution >= 0.6 is 12.2 Å². The van der Waals surface area contributed by atoms with Gasteiger partial charge in [-0.2, -0.15) is 30.6 Å². The van der Waals surface area contributed by atoms with E-state index in [1.165, 1.54) is 17.5 Å². The predicted octanol–water partition coefficient (Wildman–Crippen LogP) is 4.68. The molecule has 0 bridgehead atoms. The van der Waals surface area contributed by atoms with E-state index in [4.69, 9.17) is 17.0 Å². The Morgan fingerprint density at radius 1 is 1.05 bits per heavy atom. The van der Waals surface area contributed by atoms with Gasteiger partial charge in [0.2, 0.25) is 15.9 Å². The molecule has 4 rings (SSSR count). The molecule has 1 saturated heterocycles. The number of nitrogens with zero attached hydrogens (tertiary/aromatic N) is 3. The molecule has 1 fully saturated rings. The number of alkyl halides is 6. The van der Waals surface area contributed by atoms with Gasteiger partial charge in [0.25, 0.3) is 5.60 Å². The Kier molecular flexibility index (Phi) is 8.56. The van der Waals surface area contributed by atoms with Crippen molar-refractivity contribution in [2.24, 2.45) is 0 Å². The first-order valence-electron chi connectivity index (χ1n) is 12.2. The lowest BCUT2D eigenvalue weighted by molar-refractivity contribution is -0.376. The Morgan fingerprint density at radius 2 is 1.71 bits per heavy atom. The third-order valence-corrected chi connectivity index (χ3v) is 9.36. The molecular formula is C26H25F6N3O4S2. The van der Waals surface area contributed by atoms with Gasteiger partial charge in [-0.15, -0.1) is 0 Å². The van der Waals surface area contributed by atoms with Crippen LogP contribution in [0, 0.1) is 0 Å². The minimum absolute atomic E-state index is 0.00430. The lowest BCUT2D eigenvalue weighted by atomic mass is 9.92. The van der Waals surface area contributed by atoms with Crippen LogP contribution in [0.25, 0.3) is 0 Å². The second kappa shape index (κ2) is 11.3. The highest BCUT2D eigenvalue weighted by Gasteiger charge is 2.71. The van der Waals surface area contributed by atoms with Gasteiger partial charge in [0.15, 0.2) is 0 Å². The lowest BCUT2D eigenvalue weighted by Gasteiger charge is -2.42. The fourth-order valence-electron chi connectivity index (χ4n) is 4.76. The van der Waals surface area contributed by atoms with E-state index < -0.39 is 39.6 Å². The number of thiocarbonyl (C=S) groups is 1. The Morgan fingerprint density at radius 3 is 2.29 bits per heavy atom. The molecule has 0 amide bonds. The number of methoxy groups -OCH3 is 1. The molecule has 1 aliphatic carbocycles. The molecule has 0 unspecified atom stereocenters. The number of allylic oxidation sites excluding steroid dienone is 4. The fraction of sp³-hybridized carbons (Fsp3) is 0.385. The van der Waals surface area contributed by atoms with Crippen molar-refractivity contribution in [2.75, 3.05) is 31.6 Å². The van der Waals surface area contributed by atoms with Crippen molar-refractivity contribution in [2.45, 2.75) is 36.8 Å². The van der Waals surface area contributed by atoms with Crippen LogP contribution in [0.4, 0.5) is 32.0 Å². The van der Waals surface area contributed by atoms with E-state index in [9.17, 15) is 39.9 Å². The number of aromatic nitrogens is 1. The molecular weight excluding hydrogens is 596 g/mol. The van der Waals surface area contributed by atoms with Crippen LogP contribution in [-0.4, -0.2) is 72.8 Å². The molecule has 1 N–H and O–H groups in total.